The van der Waals surface area contributed by atoms with Crippen LogP contribution in [0.3, 0.4) is 0 Å². The lowest BCUT2D eigenvalue weighted by atomic mass is 9.87. The van der Waals surface area contributed by atoms with E-state index in [2.05, 4.69) is 43.4 Å². The van der Waals surface area contributed by atoms with Gasteiger partial charge in [-0.05, 0) is 33.4 Å². The van der Waals surface area contributed by atoms with Crippen molar-refractivity contribution in [1.82, 2.24) is 5.43 Å². The minimum absolute atomic E-state index is 0.123. The van der Waals surface area contributed by atoms with E-state index in [1.54, 1.807) is 6.21 Å². The first kappa shape index (κ1) is 16.9. The molecule has 0 aliphatic carbocycles. The third kappa shape index (κ3) is 3.94. The van der Waals surface area contributed by atoms with Gasteiger partial charge in [-0.15, -0.1) is 0 Å². The lowest BCUT2D eigenvalue weighted by Gasteiger charge is -2.18. The van der Waals surface area contributed by atoms with Gasteiger partial charge in [0.1, 0.15) is 0 Å². The largest absolute Gasteiger partial charge is 0.271 e. The van der Waals surface area contributed by atoms with E-state index in [-0.39, 0.29) is 11.3 Å². The molecule has 3 nitrogen and oxygen atoms in total. The van der Waals surface area contributed by atoms with Crippen molar-refractivity contribution in [1.29, 1.82) is 0 Å². The molecule has 126 valence electrons. The SMILES string of the molecule is CC(C)(C)c1ccc(/C=N/NC(=O)c2cccc3ccccc23)cc1. The highest BCUT2D eigenvalue weighted by molar-refractivity contribution is 6.07. The Labute approximate surface area is 148 Å². The Morgan fingerprint density at radius 1 is 0.920 bits per heavy atom. The summed E-state index contributed by atoms with van der Waals surface area (Å²) in [4.78, 5) is 12.4. The molecule has 0 saturated heterocycles. The molecule has 0 aliphatic heterocycles. The van der Waals surface area contributed by atoms with E-state index in [1.807, 2.05) is 54.6 Å². The zero-order chi connectivity index (χ0) is 17.9. The van der Waals surface area contributed by atoms with Crippen molar-refractivity contribution in [3.63, 3.8) is 0 Å². The number of nitrogens with one attached hydrogen (secondary N) is 1. The van der Waals surface area contributed by atoms with Gasteiger partial charge in [-0.3, -0.25) is 4.79 Å². The van der Waals surface area contributed by atoms with Gasteiger partial charge in [0.15, 0.2) is 0 Å². The molecule has 0 atom stereocenters. The molecular weight excluding hydrogens is 308 g/mol. The lowest BCUT2D eigenvalue weighted by Crippen LogP contribution is -2.18. The Balaban J connectivity index is 1.72. The average Bonchev–Trinajstić information content (AvgIpc) is 2.61. The van der Waals surface area contributed by atoms with E-state index in [4.69, 9.17) is 0 Å². The van der Waals surface area contributed by atoms with Crippen molar-refractivity contribution in [3.05, 3.63) is 83.4 Å². The molecule has 3 rings (SSSR count). The summed E-state index contributed by atoms with van der Waals surface area (Å²) in [5, 5.41) is 6.05. The maximum absolute atomic E-state index is 12.4. The molecule has 0 spiro atoms. The van der Waals surface area contributed by atoms with E-state index in [1.165, 1.54) is 5.56 Å². The maximum Gasteiger partial charge on any atom is 0.271 e. The third-order valence-corrected chi connectivity index (χ3v) is 4.19. The fourth-order valence-corrected chi connectivity index (χ4v) is 2.72. The minimum Gasteiger partial charge on any atom is -0.267 e. The van der Waals surface area contributed by atoms with Gasteiger partial charge in [0.25, 0.3) is 5.91 Å². The molecule has 1 N–H and O–H groups in total. The molecule has 3 aromatic rings. The van der Waals surface area contributed by atoms with Crippen LogP contribution in [0.15, 0.2) is 71.8 Å². The maximum atomic E-state index is 12.4. The van der Waals surface area contributed by atoms with Gasteiger partial charge < -0.3 is 0 Å². The zero-order valence-electron chi connectivity index (χ0n) is 14.8. The number of hydrazone groups is 1. The van der Waals surface area contributed by atoms with Crippen LogP contribution in [0.25, 0.3) is 10.8 Å². The number of fused-ring (bicyclic) bond motifs is 1. The van der Waals surface area contributed by atoms with Gasteiger partial charge in [-0.25, -0.2) is 5.43 Å². The molecule has 0 fully saturated rings. The van der Waals surface area contributed by atoms with Gasteiger partial charge in [-0.2, -0.15) is 5.10 Å². The summed E-state index contributed by atoms with van der Waals surface area (Å²) < 4.78 is 0. The van der Waals surface area contributed by atoms with Crippen LogP contribution in [0.4, 0.5) is 0 Å². The number of hydrogen-bond donors (Lipinski definition) is 1. The molecule has 0 radical (unpaired) electrons. The molecule has 3 heteroatoms. The van der Waals surface area contributed by atoms with Crippen LogP contribution in [-0.4, -0.2) is 12.1 Å². The molecule has 0 aromatic heterocycles. The van der Waals surface area contributed by atoms with Crippen molar-refractivity contribution < 1.29 is 4.79 Å². The third-order valence-electron chi connectivity index (χ3n) is 4.19. The van der Waals surface area contributed by atoms with Crippen LogP contribution in [0, 0.1) is 0 Å². The molecule has 0 aliphatic rings. The van der Waals surface area contributed by atoms with Crippen LogP contribution in [0.1, 0.15) is 42.3 Å². The number of carbonyl (C=O) groups excluding carboxylic acids is 1. The highest BCUT2D eigenvalue weighted by Gasteiger charge is 2.12. The molecule has 0 saturated carbocycles. The van der Waals surface area contributed by atoms with Crippen LogP contribution in [-0.2, 0) is 5.41 Å². The summed E-state index contributed by atoms with van der Waals surface area (Å²) >= 11 is 0. The first-order valence-electron chi connectivity index (χ1n) is 8.37. The number of hydrogen-bond acceptors (Lipinski definition) is 2. The molecule has 25 heavy (non-hydrogen) atoms. The van der Waals surface area contributed by atoms with Crippen molar-refractivity contribution in [2.75, 3.05) is 0 Å². The highest BCUT2D eigenvalue weighted by Crippen LogP contribution is 2.22. The van der Waals surface area contributed by atoms with Crippen LogP contribution in [0.5, 0.6) is 0 Å². The number of nitrogens with zero attached hydrogens (tertiary/aromatic N) is 1. The van der Waals surface area contributed by atoms with E-state index < -0.39 is 0 Å². The smallest absolute Gasteiger partial charge is 0.267 e. The average molecular weight is 330 g/mol. The Hall–Kier alpha value is -2.94. The summed E-state index contributed by atoms with van der Waals surface area (Å²) in [5.41, 5.74) is 5.58. The van der Waals surface area contributed by atoms with E-state index >= 15 is 0 Å². The summed E-state index contributed by atoms with van der Waals surface area (Å²) in [6, 6.07) is 21.7. The highest BCUT2D eigenvalue weighted by atomic mass is 16.2. The molecule has 3 aromatic carbocycles. The van der Waals surface area contributed by atoms with Gasteiger partial charge in [-0.1, -0.05) is 81.4 Å². The molecule has 1 amide bonds. The Morgan fingerprint density at radius 3 is 2.32 bits per heavy atom. The Morgan fingerprint density at radius 2 is 1.60 bits per heavy atom. The molecule has 0 bridgehead atoms. The predicted octanol–water partition coefficient (Wildman–Crippen LogP) is 4.90. The fourth-order valence-electron chi connectivity index (χ4n) is 2.72. The normalized spacial score (nSPS) is 11.8. The summed E-state index contributed by atoms with van der Waals surface area (Å²) in [7, 11) is 0. The number of benzene rings is 3. The second-order valence-electron chi connectivity index (χ2n) is 7.10. The first-order valence-corrected chi connectivity index (χ1v) is 8.37. The van der Waals surface area contributed by atoms with Crippen molar-refractivity contribution >= 4 is 22.9 Å². The predicted molar refractivity (Wildman–Crippen MR) is 104 cm³/mol. The summed E-state index contributed by atoms with van der Waals surface area (Å²) in [5.74, 6) is -0.209. The lowest BCUT2D eigenvalue weighted by molar-refractivity contribution is 0.0957. The van der Waals surface area contributed by atoms with Crippen molar-refractivity contribution in [2.45, 2.75) is 26.2 Å². The van der Waals surface area contributed by atoms with Crippen LogP contribution >= 0.6 is 0 Å². The first-order chi connectivity index (χ1) is 11.9. The molecular formula is C22H22N2O. The standard InChI is InChI=1S/C22H22N2O/c1-22(2,3)18-13-11-16(12-14-18)15-23-24-21(25)20-10-6-8-17-7-4-5-9-19(17)20/h4-15H,1-3H3,(H,24,25)/b23-15+. The van der Waals surface area contributed by atoms with Crippen LogP contribution < -0.4 is 5.43 Å². The molecule has 0 heterocycles. The molecule has 0 unspecified atom stereocenters. The topological polar surface area (TPSA) is 41.5 Å². The van der Waals surface area contributed by atoms with Crippen molar-refractivity contribution in [3.8, 4) is 0 Å². The Kier molecular flexibility index (Phi) is 4.66. The van der Waals surface area contributed by atoms with E-state index in [0.717, 1.165) is 16.3 Å². The number of carbonyl (C=O) groups is 1. The monoisotopic (exact) mass is 330 g/mol. The minimum atomic E-state index is -0.209. The summed E-state index contributed by atoms with van der Waals surface area (Å²) in [6.45, 7) is 6.54. The number of amides is 1. The summed E-state index contributed by atoms with van der Waals surface area (Å²) in [6.07, 6.45) is 1.66. The van der Waals surface area contributed by atoms with Gasteiger partial charge in [0.2, 0.25) is 0 Å². The zero-order valence-corrected chi connectivity index (χ0v) is 14.8. The van der Waals surface area contributed by atoms with Gasteiger partial charge >= 0.3 is 0 Å². The quantitative estimate of drug-likeness (QED) is 0.538. The van der Waals surface area contributed by atoms with Gasteiger partial charge in [0.05, 0.1) is 6.21 Å². The van der Waals surface area contributed by atoms with Gasteiger partial charge in [0, 0.05) is 5.56 Å². The van der Waals surface area contributed by atoms with E-state index in [0.29, 0.717) is 5.56 Å². The van der Waals surface area contributed by atoms with E-state index in [9.17, 15) is 4.79 Å². The fraction of sp³-hybridized carbons (Fsp3) is 0.182. The van der Waals surface area contributed by atoms with Crippen LogP contribution in [0.2, 0.25) is 0 Å². The Bertz CT molecular complexity index is 913. The second-order valence-corrected chi connectivity index (χ2v) is 7.10. The number of rotatable bonds is 3. The second kappa shape index (κ2) is 6.89. The van der Waals surface area contributed by atoms with Crippen molar-refractivity contribution in [2.24, 2.45) is 5.10 Å².